The van der Waals surface area contributed by atoms with E-state index in [1.165, 1.54) is 51.7 Å². The predicted molar refractivity (Wildman–Crippen MR) is 80.3 cm³/mol. The van der Waals surface area contributed by atoms with E-state index in [4.69, 9.17) is 0 Å². The molecular weight excluding hydrogens is 232 g/mol. The molecule has 0 saturated carbocycles. The first-order valence-electron chi connectivity index (χ1n) is 7.83. The third kappa shape index (κ3) is 3.01. The highest BCUT2D eigenvalue weighted by atomic mass is 15.1. The maximum atomic E-state index is 3.53. The van der Waals surface area contributed by atoms with E-state index >= 15 is 0 Å². The van der Waals surface area contributed by atoms with Crippen LogP contribution in [0.3, 0.4) is 0 Å². The van der Waals surface area contributed by atoms with Gasteiger partial charge in [0, 0.05) is 6.04 Å². The first kappa shape index (κ1) is 13.1. The van der Waals surface area contributed by atoms with E-state index < -0.39 is 0 Å². The number of piperidine rings is 1. The fraction of sp³-hybridized carbons (Fsp3) is 0.647. The molecule has 2 nitrogen and oxygen atoms in total. The highest BCUT2D eigenvalue weighted by Crippen LogP contribution is 2.35. The molecule has 0 amide bonds. The van der Waals surface area contributed by atoms with Crippen molar-refractivity contribution < 1.29 is 0 Å². The molecule has 3 rings (SSSR count). The minimum atomic E-state index is 0.660. The summed E-state index contributed by atoms with van der Waals surface area (Å²) in [7, 11) is 2.31. The van der Waals surface area contributed by atoms with Crippen LogP contribution in [0.4, 0.5) is 0 Å². The lowest BCUT2D eigenvalue weighted by Crippen LogP contribution is -2.33. The Morgan fingerprint density at radius 3 is 3.00 bits per heavy atom. The Bertz CT molecular complexity index is 409. The summed E-state index contributed by atoms with van der Waals surface area (Å²) < 4.78 is 0. The van der Waals surface area contributed by atoms with Crippen LogP contribution in [-0.2, 0) is 6.42 Å². The molecule has 1 saturated heterocycles. The molecule has 1 fully saturated rings. The van der Waals surface area contributed by atoms with Crippen molar-refractivity contribution in [3.05, 3.63) is 35.4 Å². The van der Waals surface area contributed by atoms with Gasteiger partial charge in [0.05, 0.1) is 0 Å². The topological polar surface area (TPSA) is 15.3 Å². The minimum Gasteiger partial charge on any atom is -0.316 e. The maximum absolute atomic E-state index is 3.53. The van der Waals surface area contributed by atoms with Crippen molar-refractivity contribution >= 4 is 0 Å². The number of benzene rings is 1. The summed E-state index contributed by atoms with van der Waals surface area (Å²) in [5, 5.41) is 3.53. The fourth-order valence-corrected chi connectivity index (χ4v) is 3.70. The van der Waals surface area contributed by atoms with Gasteiger partial charge in [0.25, 0.3) is 0 Å². The normalized spacial score (nSPS) is 26.6. The van der Waals surface area contributed by atoms with Gasteiger partial charge in [-0.15, -0.1) is 0 Å². The number of rotatable bonds is 4. The highest BCUT2D eigenvalue weighted by molar-refractivity contribution is 5.34. The van der Waals surface area contributed by atoms with Crippen molar-refractivity contribution in [1.29, 1.82) is 0 Å². The summed E-state index contributed by atoms with van der Waals surface area (Å²) in [6.45, 7) is 3.70. The van der Waals surface area contributed by atoms with Crippen LogP contribution in [0.5, 0.6) is 0 Å². The van der Waals surface area contributed by atoms with Crippen LogP contribution in [0.2, 0.25) is 0 Å². The molecule has 104 valence electrons. The molecule has 0 spiro atoms. The molecule has 1 heterocycles. The van der Waals surface area contributed by atoms with E-state index in [1.54, 1.807) is 11.1 Å². The minimum absolute atomic E-state index is 0.660. The summed E-state index contributed by atoms with van der Waals surface area (Å²) in [5.74, 6) is 0.896. The summed E-state index contributed by atoms with van der Waals surface area (Å²) >= 11 is 0. The van der Waals surface area contributed by atoms with Gasteiger partial charge in [-0.3, -0.25) is 4.90 Å². The maximum Gasteiger partial charge on any atom is 0.0350 e. The van der Waals surface area contributed by atoms with Crippen molar-refractivity contribution in [2.45, 2.75) is 38.1 Å². The Kier molecular flexibility index (Phi) is 4.19. The van der Waals surface area contributed by atoms with Gasteiger partial charge in [0.15, 0.2) is 0 Å². The quantitative estimate of drug-likeness (QED) is 0.893. The number of nitrogens with zero attached hydrogens (tertiary/aromatic N) is 1. The van der Waals surface area contributed by atoms with Crippen molar-refractivity contribution in [3.8, 4) is 0 Å². The molecule has 0 bridgehead atoms. The van der Waals surface area contributed by atoms with Crippen LogP contribution in [-0.4, -0.2) is 31.6 Å². The number of hydrogen-bond donors (Lipinski definition) is 1. The first-order valence-corrected chi connectivity index (χ1v) is 7.83. The molecule has 1 aliphatic carbocycles. The lowest BCUT2D eigenvalue weighted by molar-refractivity contribution is 0.215. The van der Waals surface area contributed by atoms with Gasteiger partial charge in [-0.05, 0) is 75.8 Å². The molecule has 1 N–H and O–H groups in total. The molecule has 2 heteroatoms. The van der Waals surface area contributed by atoms with Gasteiger partial charge in [-0.25, -0.2) is 0 Å². The second-order valence-corrected chi connectivity index (χ2v) is 6.23. The van der Waals surface area contributed by atoms with Crippen LogP contribution >= 0.6 is 0 Å². The Morgan fingerprint density at radius 2 is 2.16 bits per heavy atom. The number of aryl methyl sites for hydroxylation is 1. The smallest absolute Gasteiger partial charge is 0.0350 e. The Labute approximate surface area is 117 Å². The standard InChI is InChI=1S/C17H26N2/c1-19(12-10-14-5-4-11-18-13-14)17-9-8-15-6-2-3-7-16(15)17/h2-3,6-7,14,17-18H,4-5,8-13H2,1H3. The van der Waals surface area contributed by atoms with Crippen LogP contribution in [0.15, 0.2) is 24.3 Å². The fourth-order valence-electron chi connectivity index (χ4n) is 3.70. The second-order valence-electron chi connectivity index (χ2n) is 6.23. The SMILES string of the molecule is CN(CCC1CCCNC1)C1CCc2ccccc21. The van der Waals surface area contributed by atoms with Crippen LogP contribution in [0.1, 0.15) is 42.9 Å². The molecule has 2 aliphatic rings. The number of fused-ring (bicyclic) bond motifs is 1. The van der Waals surface area contributed by atoms with Gasteiger partial charge < -0.3 is 5.32 Å². The zero-order chi connectivity index (χ0) is 13.1. The lowest BCUT2D eigenvalue weighted by atomic mass is 9.95. The van der Waals surface area contributed by atoms with E-state index in [0.29, 0.717) is 6.04 Å². The Balaban J connectivity index is 1.55. The predicted octanol–water partition coefficient (Wildman–Crippen LogP) is 3.00. The second kappa shape index (κ2) is 6.06. The summed E-state index contributed by atoms with van der Waals surface area (Å²) in [4.78, 5) is 2.58. The van der Waals surface area contributed by atoms with Crippen LogP contribution < -0.4 is 5.32 Å². The number of nitrogens with one attached hydrogen (secondary N) is 1. The van der Waals surface area contributed by atoms with Crippen molar-refractivity contribution in [3.63, 3.8) is 0 Å². The molecule has 19 heavy (non-hydrogen) atoms. The first-order chi connectivity index (χ1) is 9.34. The van der Waals surface area contributed by atoms with Crippen molar-refractivity contribution in [2.24, 2.45) is 5.92 Å². The Hall–Kier alpha value is -0.860. The largest absolute Gasteiger partial charge is 0.316 e. The van der Waals surface area contributed by atoms with E-state index in [0.717, 1.165) is 5.92 Å². The van der Waals surface area contributed by atoms with Gasteiger partial charge in [-0.1, -0.05) is 24.3 Å². The molecule has 0 aromatic heterocycles. The average Bonchev–Trinajstić information content (AvgIpc) is 2.90. The van der Waals surface area contributed by atoms with Crippen molar-refractivity contribution in [1.82, 2.24) is 10.2 Å². The van der Waals surface area contributed by atoms with Gasteiger partial charge in [0.2, 0.25) is 0 Å². The summed E-state index contributed by atoms with van der Waals surface area (Å²) in [6, 6.07) is 9.65. The molecule has 0 radical (unpaired) electrons. The Morgan fingerprint density at radius 1 is 1.26 bits per heavy atom. The van der Waals surface area contributed by atoms with Gasteiger partial charge in [-0.2, -0.15) is 0 Å². The molecule has 2 unspecified atom stereocenters. The van der Waals surface area contributed by atoms with E-state index in [-0.39, 0.29) is 0 Å². The van der Waals surface area contributed by atoms with E-state index in [2.05, 4.69) is 41.5 Å². The lowest BCUT2D eigenvalue weighted by Gasteiger charge is -2.29. The molecule has 1 aromatic carbocycles. The highest BCUT2D eigenvalue weighted by Gasteiger charge is 2.25. The molecule has 1 aromatic rings. The van der Waals surface area contributed by atoms with Gasteiger partial charge in [0.1, 0.15) is 0 Å². The van der Waals surface area contributed by atoms with Crippen molar-refractivity contribution in [2.75, 3.05) is 26.7 Å². The zero-order valence-electron chi connectivity index (χ0n) is 12.1. The van der Waals surface area contributed by atoms with Crippen LogP contribution in [0.25, 0.3) is 0 Å². The average molecular weight is 258 g/mol. The third-order valence-electron chi connectivity index (χ3n) is 4.92. The molecular formula is C17H26N2. The van der Waals surface area contributed by atoms with E-state index in [1.807, 2.05) is 0 Å². The van der Waals surface area contributed by atoms with E-state index in [9.17, 15) is 0 Å². The third-order valence-corrected chi connectivity index (χ3v) is 4.92. The monoisotopic (exact) mass is 258 g/mol. The summed E-state index contributed by atoms with van der Waals surface area (Å²) in [5.41, 5.74) is 3.14. The summed E-state index contributed by atoms with van der Waals surface area (Å²) in [6.07, 6.45) is 6.69. The molecule has 2 atom stereocenters. The zero-order valence-corrected chi connectivity index (χ0v) is 12.1. The van der Waals surface area contributed by atoms with Gasteiger partial charge >= 0.3 is 0 Å². The number of hydrogen-bond acceptors (Lipinski definition) is 2. The molecule has 1 aliphatic heterocycles. The van der Waals surface area contributed by atoms with Crippen LogP contribution in [0, 0.1) is 5.92 Å².